The molecule has 6 heteroatoms. The van der Waals surface area contributed by atoms with Crippen molar-refractivity contribution in [1.82, 2.24) is 15.0 Å². The molecule has 5 rings (SSSR count). The normalized spacial score (nSPS) is 20.2. The Bertz CT molecular complexity index is 884. The van der Waals surface area contributed by atoms with E-state index in [9.17, 15) is 0 Å². The van der Waals surface area contributed by atoms with Crippen LogP contribution in [0.2, 0.25) is 0 Å². The molecule has 0 saturated carbocycles. The molecule has 0 aliphatic carbocycles. The van der Waals surface area contributed by atoms with Gasteiger partial charge >= 0.3 is 0 Å². The van der Waals surface area contributed by atoms with Gasteiger partial charge in [0.1, 0.15) is 11.3 Å². The zero-order chi connectivity index (χ0) is 18.9. The van der Waals surface area contributed by atoms with Crippen LogP contribution in [0, 0.1) is 18.8 Å². The molecule has 2 aliphatic rings. The topological polar surface area (TPSA) is 58.5 Å². The smallest absolute Gasteiger partial charge is 0.266 e. The average molecular weight is 380 g/mol. The summed E-state index contributed by atoms with van der Waals surface area (Å²) in [6.07, 6.45) is 5.07. The number of aryl methyl sites for hydroxylation is 1. The first-order chi connectivity index (χ1) is 13.7. The number of rotatable bonds is 4. The van der Waals surface area contributed by atoms with Gasteiger partial charge in [0.15, 0.2) is 0 Å². The van der Waals surface area contributed by atoms with Crippen molar-refractivity contribution in [2.24, 2.45) is 11.8 Å². The molecule has 28 heavy (non-hydrogen) atoms. The monoisotopic (exact) mass is 380 g/mol. The average Bonchev–Trinajstić information content (AvgIpc) is 3.34. The minimum Gasteiger partial charge on any atom is -0.460 e. The van der Waals surface area contributed by atoms with Gasteiger partial charge in [0, 0.05) is 25.4 Å². The van der Waals surface area contributed by atoms with E-state index >= 15 is 0 Å². The van der Waals surface area contributed by atoms with Gasteiger partial charge in [-0.2, -0.15) is 4.98 Å². The second kappa shape index (κ2) is 7.59. The summed E-state index contributed by atoms with van der Waals surface area (Å²) in [5.41, 5.74) is 0.996. The van der Waals surface area contributed by atoms with E-state index in [1.165, 1.54) is 44.2 Å². The zero-order valence-corrected chi connectivity index (χ0v) is 16.5. The molecule has 0 unspecified atom stereocenters. The quantitative estimate of drug-likeness (QED) is 0.674. The van der Waals surface area contributed by atoms with E-state index in [4.69, 9.17) is 8.94 Å². The Hall–Kier alpha value is -2.34. The van der Waals surface area contributed by atoms with Crippen LogP contribution < -0.4 is 4.90 Å². The van der Waals surface area contributed by atoms with Crippen molar-refractivity contribution in [1.29, 1.82) is 0 Å². The highest BCUT2D eigenvalue weighted by Crippen LogP contribution is 2.34. The number of anilines is 1. The second-order valence-corrected chi connectivity index (χ2v) is 8.30. The lowest BCUT2D eigenvalue weighted by atomic mass is 9.79. The fourth-order valence-corrected chi connectivity index (χ4v) is 4.91. The molecule has 0 bridgehead atoms. The van der Waals surface area contributed by atoms with Crippen LogP contribution in [0.15, 0.2) is 39.3 Å². The van der Waals surface area contributed by atoms with Gasteiger partial charge in [-0.25, -0.2) is 0 Å². The van der Waals surface area contributed by atoms with Crippen LogP contribution in [-0.2, 0) is 6.54 Å². The minimum absolute atomic E-state index is 0.647. The van der Waals surface area contributed by atoms with Crippen LogP contribution >= 0.6 is 0 Å². The molecule has 0 N–H and O–H groups in total. The molecule has 0 spiro atoms. The van der Waals surface area contributed by atoms with Gasteiger partial charge < -0.3 is 13.8 Å². The van der Waals surface area contributed by atoms with Gasteiger partial charge in [0.2, 0.25) is 5.89 Å². The van der Waals surface area contributed by atoms with Crippen molar-refractivity contribution in [2.45, 2.75) is 39.2 Å². The van der Waals surface area contributed by atoms with Gasteiger partial charge in [0.25, 0.3) is 5.95 Å². The van der Waals surface area contributed by atoms with Crippen LogP contribution in [0.5, 0.6) is 0 Å². The van der Waals surface area contributed by atoms with E-state index in [1.807, 2.05) is 19.1 Å². The molecule has 4 heterocycles. The Balaban J connectivity index is 1.11. The third-order valence-corrected chi connectivity index (χ3v) is 6.49. The number of likely N-dealkylation sites (tertiary alicyclic amines) is 1. The maximum atomic E-state index is 6.00. The predicted octanol–water partition coefficient (Wildman–Crippen LogP) is 4.25. The Morgan fingerprint density at radius 2 is 1.71 bits per heavy atom. The number of hydrogen-bond donors (Lipinski definition) is 0. The number of benzene rings is 1. The minimum atomic E-state index is 0.647. The van der Waals surface area contributed by atoms with Crippen molar-refractivity contribution in [3.8, 4) is 0 Å². The maximum Gasteiger partial charge on any atom is 0.266 e. The van der Waals surface area contributed by atoms with Crippen molar-refractivity contribution in [3.05, 3.63) is 42.0 Å². The van der Waals surface area contributed by atoms with Crippen LogP contribution in [0.1, 0.15) is 37.3 Å². The highest BCUT2D eigenvalue weighted by atomic mass is 16.5. The fourth-order valence-electron chi connectivity index (χ4n) is 4.91. The van der Waals surface area contributed by atoms with Crippen molar-refractivity contribution >= 4 is 16.9 Å². The molecule has 0 radical (unpaired) electrons. The lowest BCUT2D eigenvalue weighted by Gasteiger charge is -2.39. The van der Waals surface area contributed by atoms with Gasteiger partial charge in [0.05, 0.1) is 6.54 Å². The lowest BCUT2D eigenvalue weighted by molar-refractivity contribution is 0.123. The van der Waals surface area contributed by atoms with Crippen LogP contribution in [-0.4, -0.2) is 41.2 Å². The van der Waals surface area contributed by atoms with Gasteiger partial charge in [-0.05, 0) is 67.9 Å². The lowest BCUT2D eigenvalue weighted by Crippen LogP contribution is -2.40. The number of aromatic nitrogens is 2. The van der Waals surface area contributed by atoms with Crippen LogP contribution in [0.3, 0.4) is 0 Å². The van der Waals surface area contributed by atoms with Gasteiger partial charge in [-0.15, -0.1) is 0 Å². The molecular weight excluding hydrogens is 352 g/mol. The third kappa shape index (κ3) is 3.65. The van der Waals surface area contributed by atoms with Crippen LogP contribution in [0.25, 0.3) is 11.0 Å². The molecule has 2 saturated heterocycles. The third-order valence-electron chi connectivity index (χ3n) is 6.49. The highest BCUT2D eigenvalue weighted by Gasteiger charge is 2.30. The van der Waals surface area contributed by atoms with E-state index in [-0.39, 0.29) is 0 Å². The van der Waals surface area contributed by atoms with E-state index in [1.54, 1.807) is 0 Å². The molecule has 0 atom stereocenters. The van der Waals surface area contributed by atoms with Crippen molar-refractivity contribution in [2.75, 3.05) is 31.1 Å². The first kappa shape index (κ1) is 17.7. The SMILES string of the molecule is Cc1nc(N2CCC(C3CCN(Cc4cc5ccccc5o4)CC3)CC2)no1. The largest absolute Gasteiger partial charge is 0.460 e. The number of nitrogens with zero attached hydrogens (tertiary/aromatic N) is 4. The molecule has 2 fully saturated rings. The summed E-state index contributed by atoms with van der Waals surface area (Å²) in [5, 5.41) is 5.27. The van der Waals surface area contributed by atoms with Gasteiger partial charge in [-0.1, -0.05) is 18.2 Å². The Morgan fingerprint density at radius 3 is 2.39 bits per heavy atom. The molecular formula is C22H28N4O2. The summed E-state index contributed by atoms with van der Waals surface area (Å²) in [4.78, 5) is 9.18. The maximum absolute atomic E-state index is 6.00. The first-order valence-corrected chi connectivity index (χ1v) is 10.5. The Morgan fingerprint density at radius 1 is 1.00 bits per heavy atom. The molecule has 148 valence electrons. The number of furan rings is 1. The molecule has 2 aromatic heterocycles. The summed E-state index contributed by atoms with van der Waals surface area (Å²) in [6, 6.07) is 10.5. The summed E-state index contributed by atoms with van der Waals surface area (Å²) in [7, 11) is 0. The molecule has 2 aliphatic heterocycles. The molecule has 3 aromatic rings. The van der Waals surface area contributed by atoms with Crippen LogP contribution in [0.4, 0.5) is 5.95 Å². The molecule has 0 amide bonds. The van der Waals surface area contributed by atoms with Crippen molar-refractivity contribution in [3.63, 3.8) is 0 Å². The second-order valence-electron chi connectivity index (χ2n) is 8.30. The number of fused-ring (bicyclic) bond motifs is 1. The van der Waals surface area contributed by atoms with E-state index < -0.39 is 0 Å². The van der Waals surface area contributed by atoms with E-state index in [0.29, 0.717) is 5.89 Å². The van der Waals surface area contributed by atoms with Crippen molar-refractivity contribution < 1.29 is 8.94 Å². The first-order valence-electron chi connectivity index (χ1n) is 10.5. The Kier molecular flexibility index (Phi) is 4.81. The van der Waals surface area contributed by atoms with E-state index in [0.717, 1.165) is 48.8 Å². The predicted molar refractivity (Wildman–Crippen MR) is 108 cm³/mol. The summed E-state index contributed by atoms with van der Waals surface area (Å²) in [5.74, 6) is 4.17. The Labute approximate surface area is 165 Å². The fraction of sp³-hybridized carbons (Fsp3) is 0.545. The molecule has 1 aromatic carbocycles. The summed E-state index contributed by atoms with van der Waals surface area (Å²) < 4.78 is 11.1. The standard InChI is InChI=1S/C22H28N4O2/c1-16-23-22(24-28-16)26-12-8-18(9-13-26)17-6-10-25(11-7-17)15-20-14-19-4-2-3-5-21(19)27-20/h2-5,14,17-18H,6-13,15H2,1H3. The number of piperidine rings is 2. The zero-order valence-electron chi connectivity index (χ0n) is 16.5. The summed E-state index contributed by atoms with van der Waals surface area (Å²) in [6.45, 7) is 7.21. The van der Waals surface area contributed by atoms with E-state index in [2.05, 4.69) is 38.1 Å². The highest BCUT2D eigenvalue weighted by molar-refractivity contribution is 5.77. The number of para-hydroxylation sites is 1. The number of hydrogen-bond acceptors (Lipinski definition) is 6. The van der Waals surface area contributed by atoms with Gasteiger partial charge in [-0.3, -0.25) is 4.90 Å². The molecule has 6 nitrogen and oxygen atoms in total. The summed E-state index contributed by atoms with van der Waals surface area (Å²) >= 11 is 0.